The maximum atomic E-state index is 11.7. The van der Waals surface area contributed by atoms with Crippen molar-refractivity contribution in [3.63, 3.8) is 0 Å². The van der Waals surface area contributed by atoms with Crippen LogP contribution < -0.4 is 0 Å². The maximum Gasteiger partial charge on any atom is 0.325 e. The van der Waals surface area contributed by atoms with Gasteiger partial charge in [-0.2, -0.15) is 0 Å². The Balaban J connectivity index is 2.73. The predicted octanol–water partition coefficient (Wildman–Crippen LogP) is 1.32. The largest absolute Gasteiger partial charge is 0.481 e. The molecule has 0 aromatic heterocycles. The lowest BCUT2D eigenvalue weighted by Crippen LogP contribution is -2.62. The number of hydrogen-bond donors (Lipinski definition) is 2. The van der Waals surface area contributed by atoms with Crippen LogP contribution in [0.1, 0.15) is 53.4 Å². The Morgan fingerprint density at radius 2 is 1.63 bits per heavy atom. The lowest BCUT2D eigenvalue weighted by Gasteiger charge is -2.51. The molecule has 0 spiro atoms. The van der Waals surface area contributed by atoms with E-state index < -0.39 is 29.1 Å². The van der Waals surface area contributed by atoms with Gasteiger partial charge >= 0.3 is 11.9 Å². The molecular weight excluding hydrogens is 250 g/mol. The highest BCUT2D eigenvalue weighted by atomic mass is 16.7. The minimum absolute atomic E-state index is 0.152. The number of carboxylic acid groups (broad SMARTS) is 1. The number of rotatable bonds is 4. The minimum atomic E-state index is -1.02. The Hall–Kier alpha value is -1.14. The molecule has 0 amide bonds. The van der Waals surface area contributed by atoms with Crippen LogP contribution in [0.4, 0.5) is 0 Å². The minimum Gasteiger partial charge on any atom is -0.481 e. The summed E-state index contributed by atoms with van der Waals surface area (Å²) >= 11 is 0. The number of carbonyl (C=O) groups is 2. The fourth-order valence-corrected chi connectivity index (χ4v) is 2.81. The molecule has 1 fully saturated rings. The second kappa shape index (κ2) is 5.46. The Morgan fingerprint density at radius 3 is 2.05 bits per heavy atom. The number of nitrogens with zero attached hydrogens (tertiary/aromatic N) is 1. The summed E-state index contributed by atoms with van der Waals surface area (Å²) in [6, 6.07) is 0. The molecule has 1 aliphatic rings. The molecule has 2 N–H and O–H groups in total. The van der Waals surface area contributed by atoms with Crippen LogP contribution in [0.15, 0.2) is 0 Å². The van der Waals surface area contributed by atoms with E-state index in [2.05, 4.69) is 0 Å². The van der Waals surface area contributed by atoms with Gasteiger partial charge in [0.25, 0.3) is 0 Å². The molecule has 110 valence electrons. The number of carbonyl (C=O) groups excluding carboxylic acids is 1. The topological polar surface area (TPSA) is 87.1 Å². The van der Waals surface area contributed by atoms with Crippen molar-refractivity contribution in [1.82, 2.24) is 5.06 Å². The quantitative estimate of drug-likeness (QED) is 0.803. The van der Waals surface area contributed by atoms with Crippen LogP contribution in [0.2, 0.25) is 0 Å². The van der Waals surface area contributed by atoms with Crippen LogP contribution in [0.5, 0.6) is 0 Å². The van der Waals surface area contributed by atoms with Crippen molar-refractivity contribution in [3.05, 3.63) is 0 Å². The van der Waals surface area contributed by atoms with Crippen LogP contribution in [0.3, 0.4) is 0 Å². The van der Waals surface area contributed by atoms with E-state index in [1.165, 1.54) is 0 Å². The molecule has 0 radical (unpaired) electrons. The standard InChI is InChI=1S/C13H23NO5/c1-12(2)7-9(15)8-13(3,4)14(12)19-11(18)6-5-10(16)17/h9,15H,5-8H2,1-4H3,(H,16,17). The molecule has 1 heterocycles. The SMILES string of the molecule is CC1(C)CC(O)CC(C)(C)N1OC(=O)CCC(=O)O. The van der Waals surface area contributed by atoms with Gasteiger partial charge < -0.3 is 15.1 Å². The second-order valence-corrected chi connectivity index (χ2v) is 6.34. The molecule has 0 aromatic rings. The molecule has 0 bridgehead atoms. The monoisotopic (exact) mass is 273 g/mol. The average molecular weight is 273 g/mol. The maximum absolute atomic E-state index is 11.7. The third-order valence-corrected chi connectivity index (χ3v) is 3.31. The Morgan fingerprint density at radius 1 is 1.16 bits per heavy atom. The zero-order chi connectivity index (χ0) is 14.8. The fourth-order valence-electron chi connectivity index (χ4n) is 2.81. The molecule has 0 saturated carbocycles. The highest BCUT2D eigenvalue weighted by molar-refractivity contribution is 5.76. The highest BCUT2D eigenvalue weighted by Gasteiger charge is 2.47. The van der Waals surface area contributed by atoms with Crippen molar-refractivity contribution >= 4 is 11.9 Å². The molecule has 19 heavy (non-hydrogen) atoms. The van der Waals surface area contributed by atoms with Crippen molar-refractivity contribution in [2.24, 2.45) is 0 Å². The lowest BCUT2D eigenvalue weighted by molar-refractivity contribution is -0.276. The van der Waals surface area contributed by atoms with Gasteiger partial charge in [0.2, 0.25) is 0 Å². The fraction of sp³-hybridized carbons (Fsp3) is 0.846. The van der Waals surface area contributed by atoms with E-state index in [0.717, 1.165) is 0 Å². The van der Waals surface area contributed by atoms with Crippen LogP contribution in [-0.2, 0) is 14.4 Å². The average Bonchev–Trinajstić information content (AvgIpc) is 2.18. The van der Waals surface area contributed by atoms with Crippen LogP contribution in [0, 0.1) is 0 Å². The molecule has 1 saturated heterocycles. The van der Waals surface area contributed by atoms with Gasteiger partial charge in [-0.05, 0) is 40.5 Å². The van der Waals surface area contributed by atoms with Crippen LogP contribution in [-0.4, -0.2) is 44.4 Å². The molecule has 0 aliphatic carbocycles. The van der Waals surface area contributed by atoms with E-state index in [4.69, 9.17) is 9.94 Å². The van der Waals surface area contributed by atoms with Crippen molar-refractivity contribution in [3.8, 4) is 0 Å². The van der Waals surface area contributed by atoms with E-state index in [1.54, 1.807) is 5.06 Å². The van der Waals surface area contributed by atoms with Gasteiger partial charge in [-0.3, -0.25) is 9.59 Å². The first-order chi connectivity index (χ1) is 8.54. The van der Waals surface area contributed by atoms with Gasteiger partial charge in [-0.1, -0.05) is 0 Å². The summed E-state index contributed by atoms with van der Waals surface area (Å²) < 4.78 is 0. The van der Waals surface area contributed by atoms with E-state index >= 15 is 0 Å². The van der Waals surface area contributed by atoms with Crippen molar-refractivity contribution in [2.75, 3.05) is 0 Å². The molecule has 1 aliphatic heterocycles. The van der Waals surface area contributed by atoms with Crippen LogP contribution >= 0.6 is 0 Å². The van der Waals surface area contributed by atoms with Crippen molar-refractivity contribution in [1.29, 1.82) is 0 Å². The summed E-state index contributed by atoms with van der Waals surface area (Å²) in [6.45, 7) is 7.56. The third-order valence-electron chi connectivity index (χ3n) is 3.31. The summed E-state index contributed by atoms with van der Waals surface area (Å²) in [6.07, 6.45) is 0.182. The summed E-state index contributed by atoms with van der Waals surface area (Å²) in [7, 11) is 0. The summed E-state index contributed by atoms with van der Waals surface area (Å²) in [5.41, 5.74) is -0.972. The van der Waals surface area contributed by atoms with E-state index in [9.17, 15) is 14.7 Å². The molecule has 0 aromatic carbocycles. The smallest absolute Gasteiger partial charge is 0.325 e. The van der Waals surface area contributed by atoms with Crippen LogP contribution in [0.25, 0.3) is 0 Å². The lowest BCUT2D eigenvalue weighted by atomic mass is 9.80. The molecule has 6 heteroatoms. The first-order valence-electron chi connectivity index (χ1n) is 6.45. The summed E-state index contributed by atoms with van der Waals surface area (Å²) in [5.74, 6) is -1.58. The van der Waals surface area contributed by atoms with Gasteiger partial charge in [-0.25, -0.2) is 0 Å². The normalized spacial score (nSPS) is 23.0. The zero-order valence-electron chi connectivity index (χ0n) is 12.0. The summed E-state index contributed by atoms with van der Waals surface area (Å²) in [5, 5.41) is 20.0. The number of piperidine rings is 1. The van der Waals surface area contributed by atoms with E-state index in [1.807, 2.05) is 27.7 Å². The van der Waals surface area contributed by atoms with E-state index in [0.29, 0.717) is 12.8 Å². The molecule has 0 atom stereocenters. The molecule has 6 nitrogen and oxygen atoms in total. The van der Waals surface area contributed by atoms with Gasteiger partial charge in [0, 0.05) is 0 Å². The first-order valence-corrected chi connectivity index (χ1v) is 6.45. The van der Waals surface area contributed by atoms with Gasteiger partial charge in [-0.15, -0.1) is 5.06 Å². The number of aliphatic hydroxyl groups excluding tert-OH is 1. The Kier molecular flexibility index (Phi) is 4.58. The van der Waals surface area contributed by atoms with E-state index in [-0.39, 0.29) is 12.8 Å². The van der Waals surface area contributed by atoms with Gasteiger partial charge in [0.1, 0.15) is 0 Å². The number of hydroxylamine groups is 2. The predicted molar refractivity (Wildman–Crippen MR) is 68.2 cm³/mol. The Labute approximate surface area is 113 Å². The number of hydrogen-bond acceptors (Lipinski definition) is 5. The van der Waals surface area contributed by atoms with Crippen molar-refractivity contribution < 1.29 is 24.6 Å². The summed E-state index contributed by atoms with van der Waals surface area (Å²) in [4.78, 5) is 27.5. The third kappa shape index (κ3) is 4.18. The molecular formula is C13H23NO5. The number of aliphatic carboxylic acids is 1. The van der Waals surface area contributed by atoms with Gasteiger partial charge in [0.15, 0.2) is 0 Å². The molecule has 0 unspecified atom stereocenters. The zero-order valence-corrected chi connectivity index (χ0v) is 12.0. The van der Waals surface area contributed by atoms with Crippen molar-refractivity contribution in [2.45, 2.75) is 70.6 Å². The Bertz CT molecular complexity index is 346. The first kappa shape index (κ1) is 15.9. The molecule has 1 rings (SSSR count). The second-order valence-electron chi connectivity index (χ2n) is 6.34. The number of aliphatic hydroxyl groups is 1. The number of carboxylic acids is 1. The van der Waals surface area contributed by atoms with Gasteiger partial charge in [0.05, 0.1) is 30.0 Å². The highest BCUT2D eigenvalue weighted by Crippen LogP contribution is 2.38.